The molecule has 0 aromatic rings. The first-order chi connectivity index (χ1) is 8.63. The number of hydrogen-bond acceptors (Lipinski definition) is 3. The molecule has 0 aromatic carbocycles. The standard InChI is InChI=1S/C11H16ClN3O2S/c12-2-4-15-3-1-7-5-18-6-8(10(13)16)9(7)14-11(15)17/h8H,1-6H2,(H2,13,16)(H,14,17). The van der Waals surface area contributed by atoms with Crippen molar-refractivity contribution in [1.29, 1.82) is 0 Å². The summed E-state index contributed by atoms with van der Waals surface area (Å²) in [6.45, 7) is 1.16. The van der Waals surface area contributed by atoms with Crippen LogP contribution in [0.3, 0.4) is 0 Å². The summed E-state index contributed by atoms with van der Waals surface area (Å²) in [6, 6.07) is -0.182. The molecule has 2 heterocycles. The third-order valence-electron chi connectivity index (χ3n) is 3.20. The van der Waals surface area contributed by atoms with Gasteiger partial charge in [-0.1, -0.05) is 0 Å². The Hall–Kier alpha value is -0.880. The summed E-state index contributed by atoms with van der Waals surface area (Å²) in [4.78, 5) is 25.1. The molecule has 0 bridgehead atoms. The first kappa shape index (κ1) is 13.5. The predicted octanol–water partition coefficient (Wildman–Crippen LogP) is 0.743. The van der Waals surface area contributed by atoms with E-state index in [2.05, 4.69) is 5.32 Å². The van der Waals surface area contributed by atoms with Crippen molar-refractivity contribution in [1.82, 2.24) is 10.2 Å². The van der Waals surface area contributed by atoms with Crippen LogP contribution in [0.5, 0.6) is 0 Å². The molecule has 5 nitrogen and oxygen atoms in total. The summed E-state index contributed by atoms with van der Waals surface area (Å²) in [6.07, 6.45) is 0.780. The van der Waals surface area contributed by atoms with Gasteiger partial charge in [0, 0.05) is 36.2 Å². The Balaban J connectivity index is 2.20. The lowest BCUT2D eigenvalue weighted by Crippen LogP contribution is -2.43. The van der Waals surface area contributed by atoms with Gasteiger partial charge in [0.05, 0.1) is 5.92 Å². The summed E-state index contributed by atoms with van der Waals surface area (Å²) in [5.74, 6) is 1.16. The third-order valence-corrected chi connectivity index (χ3v) is 4.49. The molecule has 1 unspecified atom stereocenters. The SMILES string of the molecule is NC(=O)C1CSCC2=C1NC(=O)N(CCCl)CC2. The van der Waals surface area contributed by atoms with Crippen molar-refractivity contribution < 1.29 is 9.59 Å². The van der Waals surface area contributed by atoms with Crippen LogP contribution >= 0.6 is 23.4 Å². The van der Waals surface area contributed by atoms with Crippen molar-refractivity contribution in [3.05, 3.63) is 11.3 Å². The molecule has 0 spiro atoms. The number of primary amides is 1. The van der Waals surface area contributed by atoms with Gasteiger partial charge in [0.15, 0.2) is 0 Å². The molecule has 0 aromatic heterocycles. The number of nitrogens with zero attached hydrogens (tertiary/aromatic N) is 1. The van der Waals surface area contributed by atoms with E-state index in [4.69, 9.17) is 17.3 Å². The number of nitrogens with one attached hydrogen (secondary N) is 1. The zero-order valence-corrected chi connectivity index (χ0v) is 11.5. The van der Waals surface area contributed by atoms with Crippen molar-refractivity contribution in [2.45, 2.75) is 6.42 Å². The Morgan fingerprint density at radius 1 is 1.61 bits per heavy atom. The number of amides is 3. The number of carbonyl (C=O) groups is 2. The van der Waals surface area contributed by atoms with Crippen molar-refractivity contribution in [2.75, 3.05) is 30.5 Å². The van der Waals surface area contributed by atoms with Crippen molar-refractivity contribution >= 4 is 35.3 Å². The zero-order chi connectivity index (χ0) is 13.1. The molecule has 0 saturated heterocycles. The van der Waals surface area contributed by atoms with Crippen molar-refractivity contribution in [3.63, 3.8) is 0 Å². The molecule has 3 N–H and O–H groups in total. The molecule has 18 heavy (non-hydrogen) atoms. The van der Waals surface area contributed by atoms with Crippen molar-refractivity contribution in [2.24, 2.45) is 11.7 Å². The van der Waals surface area contributed by atoms with Crippen LogP contribution in [0.25, 0.3) is 0 Å². The number of nitrogens with two attached hydrogens (primary N) is 1. The summed E-state index contributed by atoms with van der Waals surface area (Å²) < 4.78 is 0. The van der Waals surface area contributed by atoms with Gasteiger partial charge in [-0.15, -0.1) is 11.6 Å². The van der Waals surface area contributed by atoms with Crippen LogP contribution in [0.1, 0.15) is 6.42 Å². The van der Waals surface area contributed by atoms with Gasteiger partial charge in [0.1, 0.15) is 0 Å². The maximum Gasteiger partial charge on any atom is 0.321 e. The largest absolute Gasteiger partial charge is 0.369 e. The monoisotopic (exact) mass is 289 g/mol. The quantitative estimate of drug-likeness (QED) is 0.753. The van der Waals surface area contributed by atoms with Gasteiger partial charge in [0.2, 0.25) is 5.91 Å². The summed E-state index contributed by atoms with van der Waals surface area (Å²) in [7, 11) is 0. The highest BCUT2D eigenvalue weighted by atomic mass is 35.5. The fourth-order valence-corrected chi connectivity index (χ4v) is 3.63. The lowest BCUT2D eigenvalue weighted by atomic mass is 10.0. The van der Waals surface area contributed by atoms with Gasteiger partial charge < -0.3 is 16.0 Å². The fraction of sp³-hybridized carbons (Fsp3) is 0.636. The normalized spacial score (nSPS) is 24.4. The zero-order valence-electron chi connectivity index (χ0n) is 9.95. The first-order valence-corrected chi connectivity index (χ1v) is 7.53. The fourth-order valence-electron chi connectivity index (χ4n) is 2.20. The van der Waals surface area contributed by atoms with Crippen LogP contribution < -0.4 is 11.1 Å². The Kier molecular flexibility index (Phi) is 4.40. The van der Waals surface area contributed by atoms with E-state index in [-0.39, 0.29) is 17.9 Å². The number of thioether (sulfide) groups is 1. The number of urea groups is 1. The molecule has 2 rings (SSSR count). The lowest BCUT2D eigenvalue weighted by Gasteiger charge is -2.25. The van der Waals surface area contributed by atoms with Gasteiger partial charge in [-0.05, 0) is 12.0 Å². The summed E-state index contributed by atoms with van der Waals surface area (Å²) in [5.41, 5.74) is 7.24. The Morgan fingerprint density at radius 3 is 3.06 bits per heavy atom. The van der Waals surface area contributed by atoms with E-state index in [1.54, 1.807) is 16.7 Å². The molecular formula is C11H16ClN3O2S. The molecule has 2 aliphatic rings. The smallest absolute Gasteiger partial charge is 0.321 e. The Bertz CT molecular complexity index is 400. The van der Waals surface area contributed by atoms with Crippen LogP contribution in [-0.2, 0) is 4.79 Å². The molecule has 0 fully saturated rings. The van der Waals surface area contributed by atoms with Gasteiger partial charge in [0.25, 0.3) is 0 Å². The molecule has 0 aliphatic carbocycles. The highest BCUT2D eigenvalue weighted by molar-refractivity contribution is 7.99. The molecule has 0 radical (unpaired) electrons. The number of halogens is 1. The molecule has 1 atom stereocenters. The lowest BCUT2D eigenvalue weighted by molar-refractivity contribution is -0.120. The van der Waals surface area contributed by atoms with Crippen LogP contribution in [0.2, 0.25) is 0 Å². The number of alkyl halides is 1. The Morgan fingerprint density at radius 2 is 2.39 bits per heavy atom. The van der Waals surface area contributed by atoms with E-state index in [0.29, 0.717) is 24.7 Å². The molecule has 100 valence electrons. The van der Waals surface area contributed by atoms with Crippen LogP contribution in [0.4, 0.5) is 4.79 Å². The van der Waals surface area contributed by atoms with Gasteiger partial charge in [-0.25, -0.2) is 4.79 Å². The summed E-state index contributed by atoms with van der Waals surface area (Å²) >= 11 is 7.36. The maximum atomic E-state index is 12.0. The first-order valence-electron chi connectivity index (χ1n) is 5.84. The predicted molar refractivity (Wildman–Crippen MR) is 72.5 cm³/mol. The van der Waals surface area contributed by atoms with E-state index in [0.717, 1.165) is 23.4 Å². The van der Waals surface area contributed by atoms with E-state index in [9.17, 15) is 9.59 Å². The van der Waals surface area contributed by atoms with E-state index < -0.39 is 0 Å². The minimum atomic E-state index is -0.376. The maximum absolute atomic E-state index is 12.0. The van der Waals surface area contributed by atoms with Gasteiger partial charge in [-0.2, -0.15) is 11.8 Å². The summed E-state index contributed by atoms with van der Waals surface area (Å²) in [5, 5.41) is 2.84. The Labute approximate surface area is 115 Å². The number of carbonyl (C=O) groups excluding carboxylic acids is 2. The minimum Gasteiger partial charge on any atom is -0.369 e. The second kappa shape index (κ2) is 5.84. The van der Waals surface area contributed by atoms with E-state index >= 15 is 0 Å². The van der Waals surface area contributed by atoms with Crippen LogP contribution in [-0.4, -0.2) is 47.3 Å². The second-order valence-corrected chi connectivity index (χ2v) is 5.75. The number of hydrogen-bond donors (Lipinski definition) is 2. The second-order valence-electron chi connectivity index (χ2n) is 4.34. The molecular weight excluding hydrogens is 274 g/mol. The van der Waals surface area contributed by atoms with Crippen molar-refractivity contribution in [3.8, 4) is 0 Å². The topological polar surface area (TPSA) is 75.4 Å². The van der Waals surface area contributed by atoms with Gasteiger partial charge in [-0.3, -0.25) is 4.79 Å². The average molecular weight is 290 g/mol. The van der Waals surface area contributed by atoms with E-state index in [1.807, 2.05) is 0 Å². The number of rotatable bonds is 3. The molecule has 7 heteroatoms. The van der Waals surface area contributed by atoms with E-state index in [1.165, 1.54) is 0 Å². The highest BCUT2D eigenvalue weighted by Crippen LogP contribution is 2.30. The molecule has 2 aliphatic heterocycles. The van der Waals surface area contributed by atoms with Crippen LogP contribution in [0, 0.1) is 5.92 Å². The highest BCUT2D eigenvalue weighted by Gasteiger charge is 2.32. The molecule has 0 saturated carbocycles. The minimum absolute atomic E-state index is 0.182. The average Bonchev–Trinajstić information content (AvgIpc) is 2.49. The van der Waals surface area contributed by atoms with Gasteiger partial charge >= 0.3 is 6.03 Å². The van der Waals surface area contributed by atoms with Crippen LogP contribution in [0.15, 0.2) is 11.3 Å². The third kappa shape index (κ3) is 2.75. The molecule has 3 amide bonds.